The quantitative estimate of drug-likeness (QED) is 0.841. The van der Waals surface area contributed by atoms with Crippen molar-refractivity contribution >= 4 is 11.9 Å². The number of carbonyl (C=O) groups is 2. The van der Waals surface area contributed by atoms with E-state index < -0.39 is 11.9 Å². The first-order valence-corrected chi connectivity index (χ1v) is 5.13. The monoisotopic (exact) mass is 246 g/mol. The first-order valence-electron chi connectivity index (χ1n) is 5.13. The van der Waals surface area contributed by atoms with Gasteiger partial charge in [0, 0.05) is 5.56 Å². The second-order valence-corrected chi connectivity index (χ2v) is 3.51. The minimum atomic E-state index is -1.11. The first-order chi connectivity index (χ1) is 8.65. The Morgan fingerprint density at radius 3 is 2.56 bits per heavy atom. The van der Waals surface area contributed by atoms with Crippen LogP contribution in [-0.4, -0.2) is 24.2 Å². The van der Waals surface area contributed by atoms with Gasteiger partial charge in [0.1, 0.15) is 11.3 Å². The highest BCUT2D eigenvalue weighted by Gasteiger charge is 2.20. The number of hydrogen-bond donors (Lipinski definition) is 1. The molecule has 0 bridgehead atoms. The van der Waals surface area contributed by atoms with Gasteiger partial charge in [-0.2, -0.15) is 0 Å². The van der Waals surface area contributed by atoms with Crippen molar-refractivity contribution in [3.63, 3.8) is 0 Å². The SMILES string of the molecule is COC(=O)c1ccccc1-c1occc1C(=O)O. The van der Waals surface area contributed by atoms with Crippen LogP contribution < -0.4 is 0 Å². The van der Waals surface area contributed by atoms with Gasteiger partial charge in [-0.3, -0.25) is 0 Å². The van der Waals surface area contributed by atoms with Gasteiger partial charge in [-0.1, -0.05) is 18.2 Å². The molecule has 0 atom stereocenters. The lowest BCUT2D eigenvalue weighted by atomic mass is 10.0. The van der Waals surface area contributed by atoms with Crippen molar-refractivity contribution < 1.29 is 23.8 Å². The van der Waals surface area contributed by atoms with Crippen LogP contribution in [0.5, 0.6) is 0 Å². The number of methoxy groups -OCH3 is 1. The summed E-state index contributed by atoms with van der Waals surface area (Å²) in [5.41, 5.74) is 0.663. The van der Waals surface area contributed by atoms with E-state index in [0.717, 1.165) is 0 Å². The van der Waals surface area contributed by atoms with Crippen LogP contribution in [0.4, 0.5) is 0 Å². The Hall–Kier alpha value is -2.56. The number of esters is 1. The van der Waals surface area contributed by atoms with Crippen LogP contribution in [0, 0.1) is 0 Å². The predicted molar refractivity (Wildman–Crippen MR) is 62.4 cm³/mol. The normalized spacial score (nSPS) is 10.1. The third-order valence-electron chi connectivity index (χ3n) is 2.47. The predicted octanol–water partition coefficient (Wildman–Crippen LogP) is 2.43. The van der Waals surface area contributed by atoms with Gasteiger partial charge in [-0.05, 0) is 12.1 Å². The Kier molecular flexibility index (Phi) is 3.14. The molecule has 5 heteroatoms. The van der Waals surface area contributed by atoms with E-state index in [1.54, 1.807) is 24.3 Å². The highest BCUT2D eigenvalue weighted by molar-refractivity contribution is 6.01. The smallest absolute Gasteiger partial charge is 0.339 e. The highest BCUT2D eigenvalue weighted by atomic mass is 16.5. The molecular weight excluding hydrogens is 236 g/mol. The van der Waals surface area contributed by atoms with Crippen molar-refractivity contribution in [1.29, 1.82) is 0 Å². The number of aromatic carboxylic acids is 1. The molecule has 2 aromatic rings. The lowest BCUT2D eigenvalue weighted by Gasteiger charge is -2.06. The molecule has 0 spiro atoms. The van der Waals surface area contributed by atoms with Crippen LogP contribution in [-0.2, 0) is 4.74 Å². The lowest BCUT2D eigenvalue weighted by Crippen LogP contribution is -2.04. The van der Waals surface area contributed by atoms with Gasteiger partial charge >= 0.3 is 11.9 Å². The Morgan fingerprint density at radius 2 is 1.89 bits per heavy atom. The van der Waals surface area contributed by atoms with Crippen molar-refractivity contribution in [2.75, 3.05) is 7.11 Å². The Bertz CT molecular complexity index is 597. The molecule has 0 aliphatic carbocycles. The summed E-state index contributed by atoms with van der Waals surface area (Å²) < 4.78 is 9.81. The van der Waals surface area contributed by atoms with Crippen molar-refractivity contribution in [2.45, 2.75) is 0 Å². The second kappa shape index (κ2) is 4.75. The number of rotatable bonds is 3. The fourth-order valence-corrected chi connectivity index (χ4v) is 1.66. The van der Waals surface area contributed by atoms with Crippen LogP contribution in [0.1, 0.15) is 20.7 Å². The maximum atomic E-state index is 11.6. The van der Waals surface area contributed by atoms with Crippen LogP contribution >= 0.6 is 0 Å². The molecule has 0 saturated carbocycles. The Balaban J connectivity index is 2.60. The number of furan rings is 1. The van der Waals surface area contributed by atoms with Gasteiger partial charge in [-0.15, -0.1) is 0 Å². The van der Waals surface area contributed by atoms with Crippen molar-refractivity contribution in [2.24, 2.45) is 0 Å². The molecule has 0 fully saturated rings. The minimum Gasteiger partial charge on any atom is -0.478 e. The van der Waals surface area contributed by atoms with Crippen molar-refractivity contribution in [1.82, 2.24) is 0 Å². The molecule has 18 heavy (non-hydrogen) atoms. The third kappa shape index (κ3) is 1.98. The van der Waals surface area contributed by atoms with Gasteiger partial charge in [-0.25, -0.2) is 9.59 Å². The average Bonchev–Trinajstić information content (AvgIpc) is 2.87. The first kappa shape index (κ1) is 11.9. The number of carboxylic acids is 1. The summed E-state index contributed by atoms with van der Waals surface area (Å²) in [6, 6.07) is 7.85. The Labute approximate surface area is 103 Å². The molecular formula is C13H10O5. The summed E-state index contributed by atoms with van der Waals surface area (Å²) in [4.78, 5) is 22.6. The number of carbonyl (C=O) groups excluding carboxylic acids is 1. The highest BCUT2D eigenvalue weighted by Crippen LogP contribution is 2.28. The van der Waals surface area contributed by atoms with E-state index in [1.165, 1.54) is 19.4 Å². The van der Waals surface area contributed by atoms with E-state index >= 15 is 0 Å². The zero-order valence-corrected chi connectivity index (χ0v) is 9.54. The van der Waals surface area contributed by atoms with Crippen LogP contribution in [0.2, 0.25) is 0 Å². The van der Waals surface area contributed by atoms with Gasteiger partial charge in [0.15, 0.2) is 0 Å². The van der Waals surface area contributed by atoms with Crippen LogP contribution in [0.15, 0.2) is 41.0 Å². The van der Waals surface area contributed by atoms with Gasteiger partial charge in [0.2, 0.25) is 0 Å². The summed E-state index contributed by atoms with van der Waals surface area (Å²) >= 11 is 0. The molecule has 1 heterocycles. The summed E-state index contributed by atoms with van der Waals surface area (Å²) in [6.45, 7) is 0. The van der Waals surface area contributed by atoms with E-state index in [1.807, 2.05) is 0 Å². The molecule has 2 rings (SSSR count). The van der Waals surface area contributed by atoms with Crippen LogP contribution in [0.25, 0.3) is 11.3 Å². The average molecular weight is 246 g/mol. The van der Waals surface area contributed by atoms with Crippen molar-refractivity contribution in [3.8, 4) is 11.3 Å². The number of carboxylic acid groups (broad SMARTS) is 1. The zero-order chi connectivity index (χ0) is 13.1. The topological polar surface area (TPSA) is 76.7 Å². The molecule has 0 aliphatic rings. The molecule has 1 N–H and O–H groups in total. The van der Waals surface area contributed by atoms with E-state index in [-0.39, 0.29) is 16.9 Å². The number of hydrogen-bond acceptors (Lipinski definition) is 4. The largest absolute Gasteiger partial charge is 0.478 e. The van der Waals surface area contributed by atoms with E-state index in [4.69, 9.17) is 9.52 Å². The molecule has 5 nitrogen and oxygen atoms in total. The van der Waals surface area contributed by atoms with Crippen molar-refractivity contribution in [3.05, 3.63) is 47.7 Å². The molecule has 0 aliphatic heterocycles. The molecule has 0 radical (unpaired) electrons. The molecule has 92 valence electrons. The molecule has 1 aromatic carbocycles. The van der Waals surface area contributed by atoms with Gasteiger partial charge in [0.05, 0.1) is 18.9 Å². The summed E-state index contributed by atoms with van der Waals surface area (Å²) in [5, 5.41) is 9.03. The Morgan fingerprint density at radius 1 is 1.17 bits per heavy atom. The lowest BCUT2D eigenvalue weighted by molar-refractivity contribution is 0.0599. The number of benzene rings is 1. The van der Waals surface area contributed by atoms with E-state index in [2.05, 4.69) is 4.74 Å². The number of ether oxygens (including phenoxy) is 1. The molecule has 0 amide bonds. The van der Waals surface area contributed by atoms with Crippen LogP contribution in [0.3, 0.4) is 0 Å². The summed E-state index contributed by atoms with van der Waals surface area (Å²) in [6.07, 6.45) is 1.27. The van der Waals surface area contributed by atoms with Gasteiger partial charge < -0.3 is 14.3 Å². The minimum absolute atomic E-state index is 0.00588. The zero-order valence-electron chi connectivity index (χ0n) is 9.54. The standard InChI is InChI=1S/C13H10O5/c1-17-13(16)9-5-3-2-4-8(9)11-10(12(14)15)6-7-18-11/h2-7H,1H3,(H,14,15). The summed E-state index contributed by atoms with van der Waals surface area (Å²) in [5.74, 6) is -1.51. The van der Waals surface area contributed by atoms with Gasteiger partial charge in [0.25, 0.3) is 0 Å². The summed E-state index contributed by atoms with van der Waals surface area (Å²) in [7, 11) is 1.26. The molecule has 0 saturated heterocycles. The maximum absolute atomic E-state index is 11.6. The van der Waals surface area contributed by atoms with E-state index in [9.17, 15) is 9.59 Å². The molecule has 1 aromatic heterocycles. The maximum Gasteiger partial charge on any atom is 0.339 e. The fraction of sp³-hybridized carbons (Fsp3) is 0.0769. The third-order valence-corrected chi connectivity index (χ3v) is 2.47. The van der Waals surface area contributed by atoms with E-state index in [0.29, 0.717) is 5.56 Å². The second-order valence-electron chi connectivity index (χ2n) is 3.51. The fourth-order valence-electron chi connectivity index (χ4n) is 1.66. The molecule has 0 unspecified atom stereocenters.